The van der Waals surface area contributed by atoms with Crippen LogP contribution in [0.1, 0.15) is 41.5 Å². The van der Waals surface area contributed by atoms with Crippen molar-refractivity contribution in [1.82, 2.24) is 0 Å². The van der Waals surface area contributed by atoms with Gasteiger partial charge in [-0.3, -0.25) is 9.13 Å². The van der Waals surface area contributed by atoms with Crippen molar-refractivity contribution >= 4 is 25.8 Å². The first kappa shape index (κ1) is 26.9. The van der Waals surface area contributed by atoms with Crippen LogP contribution in [-0.4, -0.2) is 38.6 Å². The molecule has 2 aromatic rings. The molecule has 0 aliphatic carbocycles. The molecule has 0 saturated carbocycles. The summed E-state index contributed by atoms with van der Waals surface area (Å²) < 4.78 is 63.2. The maximum Gasteiger partial charge on any atom is 0.362 e. The van der Waals surface area contributed by atoms with Crippen LogP contribution >= 0.6 is 15.2 Å². The molecule has 0 aromatic heterocycles. The lowest BCUT2D eigenvalue weighted by Gasteiger charge is -2.32. The first-order valence-corrected chi connectivity index (χ1v) is 14.7. The van der Waals surface area contributed by atoms with Gasteiger partial charge in [0.15, 0.2) is 0 Å². The van der Waals surface area contributed by atoms with Crippen molar-refractivity contribution in [3.63, 3.8) is 0 Å². The van der Waals surface area contributed by atoms with Crippen LogP contribution in [0.4, 0.5) is 0 Å². The van der Waals surface area contributed by atoms with Gasteiger partial charge in [0, 0.05) is 11.1 Å². The topological polar surface area (TPSA) is 89.5 Å². The number of benzene rings is 2. The van der Waals surface area contributed by atoms with Crippen molar-refractivity contribution in [3.8, 4) is 22.6 Å². The quantitative estimate of drug-likeness (QED) is 0.376. The van der Waals surface area contributed by atoms with Crippen molar-refractivity contribution < 1.29 is 36.7 Å². The second-order valence-electron chi connectivity index (χ2n) is 7.61. The largest absolute Gasteiger partial charge is 0.486 e. The zero-order chi connectivity index (χ0) is 24.9. The Balaban J connectivity index is 2.44. The SMILES string of the molecule is CCOP(=O)(OCC)c1cccc2c1-c1c(cccc1P(=O)(OCC)OCC)O[C@H](C)[C@@H](C)O2. The summed E-state index contributed by atoms with van der Waals surface area (Å²) in [5, 5.41) is 0.597. The standard InChI is InChI=1S/C24H34O8P2/c1-7-27-33(25,28-8-2)21-15-11-13-19-23(21)24-20(32-18(6)17(5)31-19)14-12-16-22(24)34(26,29-9-3)30-10-4/h11-18H,7-10H2,1-6H3/t17-,18-/m1/s1. The van der Waals surface area contributed by atoms with Gasteiger partial charge in [0.05, 0.1) is 37.0 Å². The molecular formula is C24H34O8P2. The monoisotopic (exact) mass is 512 g/mol. The van der Waals surface area contributed by atoms with Crippen LogP contribution in [0.2, 0.25) is 0 Å². The van der Waals surface area contributed by atoms with Crippen molar-refractivity contribution in [2.24, 2.45) is 0 Å². The first-order chi connectivity index (χ1) is 16.2. The summed E-state index contributed by atoms with van der Waals surface area (Å²) in [5.74, 6) is 0.904. The maximum atomic E-state index is 14.0. The molecule has 1 aliphatic heterocycles. The van der Waals surface area contributed by atoms with Crippen LogP contribution in [0, 0.1) is 0 Å². The van der Waals surface area contributed by atoms with Gasteiger partial charge in [-0.1, -0.05) is 12.1 Å². The lowest BCUT2D eigenvalue weighted by Crippen LogP contribution is -2.34. The van der Waals surface area contributed by atoms with Gasteiger partial charge in [0.2, 0.25) is 0 Å². The molecule has 188 valence electrons. The van der Waals surface area contributed by atoms with E-state index in [-0.39, 0.29) is 38.6 Å². The normalized spacial score (nSPS) is 18.2. The molecule has 1 heterocycles. The van der Waals surface area contributed by atoms with Crippen LogP contribution < -0.4 is 20.1 Å². The van der Waals surface area contributed by atoms with E-state index in [0.29, 0.717) is 33.2 Å². The summed E-state index contributed by atoms with van der Waals surface area (Å²) in [4.78, 5) is 0. The average molecular weight is 512 g/mol. The minimum absolute atomic E-state index is 0.177. The van der Waals surface area contributed by atoms with Gasteiger partial charge < -0.3 is 27.6 Å². The smallest absolute Gasteiger partial charge is 0.362 e. The van der Waals surface area contributed by atoms with Gasteiger partial charge in [-0.25, -0.2) is 0 Å². The molecule has 2 aromatic carbocycles. The molecule has 3 rings (SSSR count). The van der Waals surface area contributed by atoms with Gasteiger partial charge in [-0.05, 0) is 65.8 Å². The van der Waals surface area contributed by atoms with Crippen LogP contribution in [0.5, 0.6) is 11.5 Å². The predicted octanol–water partition coefficient (Wildman–Crippen LogP) is 5.68. The third-order valence-electron chi connectivity index (χ3n) is 5.33. The Morgan fingerprint density at radius 1 is 0.647 bits per heavy atom. The molecule has 34 heavy (non-hydrogen) atoms. The molecule has 0 bridgehead atoms. The highest BCUT2D eigenvalue weighted by Crippen LogP contribution is 2.56. The number of fused-ring (bicyclic) bond motifs is 3. The molecule has 0 spiro atoms. The number of ether oxygens (including phenoxy) is 2. The molecule has 0 unspecified atom stereocenters. The van der Waals surface area contributed by atoms with E-state index in [9.17, 15) is 9.13 Å². The van der Waals surface area contributed by atoms with E-state index >= 15 is 0 Å². The van der Waals surface area contributed by atoms with Crippen LogP contribution in [0.25, 0.3) is 11.1 Å². The molecular weight excluding hydrogens is 478 g/mol. The third-order valence-corrected chi connectivity index (χ3v) is 9.65. The molecule has 0 saturated heterocycles. The summed E-state index contributed by atoms with van der Waals surface area (Å²) in [6, 6.07) is 10.4. The van der Waals surface area contributed by atoms with Crippen molar-refractivity contribution in [1.29, 1.82) is 0 Å². The van der Waals surface area contributed by atoms with Crippen LogP contribution in [-0.2, 0) is 27.2 Å². The minimum Gasteiger partial charge on any atom is -0.486 e. The molecule has 0 radical (unpaired) electrons. The zero-order valence-electron chi connectivity index (χ0n) is 20.6. The Morgan fingerprint density at radius 3 is 1.26 bits per heavy atom. The Labute approximate surface area is 201 Å². The highest BCUT2D eigenvalue weighted by molar-refractivity contribution is 7.63. The Morgan fingerprint density at radius 2 is 0.971 bits per heavy atom. The van der Waals surface area contributed by atoms with E-state index < -0.39 is 15.2 Å². The highest BCUT2D eigenvalue weighted by Gasteiger charge is 2.39. The van der Waals surface area contributed by atoms with Crippen LogP contribution in [0.3, 0.4) is 0 Å². The summed E-state index contributed by atoms with van der Waals surface area (Å²) in [5.41, 5.74) is 0.855. The average Bonchev–Trinajstić information content (AvgIpc) is 2.79. The Kier molecular flexibility index (Phi) is 9.02. The van der Waals surface area contributed by atoms with E-state index in [1.165, 1.54) is 0 Å². The van der Waals surface area contributed by atoms with Gasteiger partial charge >= 0.3 is 15.2 Å². The fourth-order valence-electron chi connectivity index (χ4n) is 3.82. The summed E-state index contributed by atoms with van der Waals surface area (Å²) >= 11 is 0. The fourth-order valence-corrected chi connectivity index (χ4v) is 7.41. The first-order valence-electron chi connectivity index (χ1n) is 11.6. The zero-order valence-corrected chi connectivity index (χ0v) is 22.4. The molecule has 0 amide bonds. The number of hydrogen-bond donors (Lipinski definition) is 0. The fraction of sp³-hybridized carbons (Fsp3) is 0.500. The molecule has 0 fully saturated rings. The third kappa shape index (κ3) is 5.28. The highest BCUT2D eigenvalue weighted by atomic mass is 31.2. The second-order valence-corrected chi connectivity index (χ2v) is 11.6. The number of rotatable bonds is 10. The lowest BCUT2D eigenvalue weighted by molar-refractivity contribution is 0.0762. The lowest BCUT2D eigenvalue weighted by atomic mass is 10.0. The summed E-state index contributed by atoms with van der Waals surface area (Å²) in [6.45, 7) is 11.5. The van der Waals surface area contributed by atoms with E-state index in [1.807, 2.05) is 13.8 Å². The van der Waals surface area contributed by atoms with E-state index in [1.54, 1.807) is 64.1 Å². The van der Waals surface area contributed by atoms with Gasteiger partial charge in [-0.2, -0.15) is 0 Å². The maximum absolute atomic E-state index is 14.0. The Hall–Kier alpha value is -1.66. The van der Waals surface area contributed by atoms with Gasteiger partial charge in [0.25, 0.3) is 0 Å². The predicted molar refractivity (Wildman–Crippen MR) is 133 cm³/mol. The van der Waals surface area contributed by atoms with Gasteiger partial charge in [-0.15, -0.1) is 0 Å². The van der Waals surface area contributed by atoms with Crippen molar-refractivity contribution in [2.45, 2.75) is 53.8 Å². The molecule has 8 nitrogen and oxygen atoms in total. The number of hydrogen-bond acceptors (Lipinski definition) is 8. The van der Waals surface area contributed by atoms with Gasteiger partial charge in [0.1, 0.15) is 23.7 Å². The molecule has 2 atom stereocenters. The van der Waals surface area contributed by atoms with Crippen LogP contribution in [0.15, 0.2) is 36.4 Å². The van der Waals surface area contributed by atoms with Crippen molar-refractivity contribution in [2.75, 3.05) is 26.4 Å². The molecule has 10 heteroatoms. The molecule has 1 aliphatic rings. The van der Waals surface area contributed by atoms with E-state index in [4.69, 9.17) is 27.6 Å². The summed E-state index contributed by atoms with van der Waals surface area (Å²) in [7, 11) is -7.53. The molecule has 0 N–H and O–H groups in total. The second kappa shape index (κ2) is 11.4. The van der Waals surface area contributed by atoms with E-state index in [2.05, 4.69) is 0 Å². The van der Waals surface area contributed by atoms with E-state index in [0.717, 1.165) is 0 Å². The summed E-state index contributed by atoms with van der Waals surface area (Å²) in [6.07, 6.45) is -0.648. The van der Waals surface area contributed by atoms with Crippen molar-refractivity contribution in [3.05, 3.63) is 36.4 Å². The minimum atomic E-state index is -3.77. The Bertz CT molecular complexity index is 981.